The van der Waals surface area contributed by atoms with Crippen molar-refractivity contribution in [3.63, 3.8) is 0 Å². The van der Waals surface area contributed by atoms with E-state index in [9.17, 15) is 9.18 Å². The maximum absolute atomic E-state index is 13.5. The quantitative estimate of drug-likeness (QED) is 0.802. The lowest BCUT2D eigenvalue weighted by Crippen LogP contribution is -2.32. The summed E-state index contributed by atoms with van der Waals surface area (Å²) in [7, 11) is 0. The maximum Gasteiger partial charge on any atom is 0.257 e. The van der Waals surface area contributed by atoms with E-state index in [0.29, 0.717) is 23.4 Å². The van der Waals surface area contributed by atoms with Gasteiger partial charge in [0.05, 0.1) is 5.69 Å². The molecule has 1 aliphatic carbocycles. The molecule has 1 aliphatic rings. The number of hydrogen-bond donors (Lipinski definition) is 1. The highest BCUT2D eigenvalue weighted by Gasteiger charge is 2.44. The Bertz CT molecular complexity index is 930. The second-order valence-corrected chi connectivity index (χ2v) is 6.32. The van der Waals surface area contributed by atoms with Gasteiger partial charge in [-0.3, -0.25) is 4.79 Å². The number of benzene rings is 1. The van der Waals surface area contributed by atoms with Crippen LogP contribution in [0.5, 0.6) is 0 Å². The van der Waals surface area contributed by atoms with Crippen LogP contribution in [0.4, 0.5) is 4.39 Å². The van der Waals surface area contributed by atoms with Gasteiger partial charge in [0.2, 0.25) is 0 Å². The van der Waals surface area contributed by atoms with E-state index in [1.807, 2.05) is 6.07 Å². The van der Waals surface area contributed by atoms with Gasteiger partial charge in [-0.1, -0.05) is 12.1 Å². The molecule has 1 amide bonds. The first-order valence-corrected chi connectivity index (χ1v) is 7.93. The molecule has 4 rings (SSSR count). The van der Waals surface area contributed by atoms with Crippen LogP contribution >= 0.6 is 0 Å². The molecule has 0 radical (unpaired) electrons. The third kappa shape index (κ3) is 2.44. The van der Waals surface area contributed by atoms with Crippen molar-refractivity contribution in [1.29, 1.82) is 0 Å². The molecule has 0 spiro atoms. The number of aromatic nitrogens is 3. The van der Waals surface area contributed by atoms with E-state index in [2.05, 4.69) is 15.4 Å². The summed E-state index contributed by atoms with van der Waals surface area (Å²) in [5, 5.41) is 7.29. The topological polar surface area (TPSA) is 59.3 Å². The minimum atomic E-state index is -0.243. The Morgan fingerprint density at radius 3 is 2.96 bits per heavy atom. The lowest BCUT2D eigenvalue weighted by atomic mass is 9.95. The molecule has 5 nitrogen and oxygen atoms in total. The summed E-state index contributed by atoms with van der Waals surface area (Å²) in [6.07, 6.45) is 5.30. The number of carbonyl (C=O) groups is 1. The second-order valence-electron chi connectivity index (χ2n) is 6.32. The molecule has 3 aromatic rings. The Kier molecular flexibility index (Phi) is 3.33. The van der Waals surface area contributed by atoms with E-state index in [1.165, 1.54) is 6.07 Å². The third-order valence-corrected chi connectivity index (χ3v) is 4.68. The minimum Gasteiger partial charge on any atom is -0.351 e. The van der Waals surface area contributed by atoms with Gasteiger partial charge in [-0.2, -0.15) is 5.10 Å². The van der Waals surface area contributed by atoms with Crippen LogP contribution in [0.25, 0.3) is 5.65 Å². The summed E-state index contributed by atoms with van der Waals surface area (Å²) in [4.78, 5) is 16.9. The molecule has 0 bridgehead atoms. The first-order chi connectivity index (χ1) is 11.6. The van der Waals surface area contributed by atoms with Crippen molar-refractivity contribution in [2.45, 2.75) is 25.2 Å². The molecule has 1 N–H and O–H groups in total. The number of hydrogen-bond acceptors (Lipinski definition) is 3. The number of carbonyl (C=O) groups excluding carboxylic acids is 1. The molecular weight excluding hydrogens is 307 g/mol. The van der Waals surface area contributed by atoms with Gasteiger partial charge in [0.25, 0.3) is 5.91 Å². The van der Waals surface area contributed by atoms with Crippen LogP contribution in [0.15, 0.2) is 42.7 Å². The van der Waals surface area contributed by atoms with Gasteiger partial charge < -0.3 is 5.32 Å². The van der Waals surface area contributed by atoms with Gasteiger partial charge in [0.1, 0.15) is 11.4 Å². The van der Waals surface area contributed by atoms with Gasteiger partial charge in [-0.05, 0) is 43.5 Å². The SMILES string of the molecule is Cc1nn2cccnc2c1C(=O)NCC1(c2cccc(F)c2)CC1. The molecular formula is C18H17FN4O. The Morgan fingerprint density at radius 2 is 2.21 bits per heavy atom. The zero-order valence-corrected chi connectivity index (χ0v) is 13.3. The van der Waals surface area contributed by atoms with Crippen LogP contribution in [-0.2, 0) is 5.41 Å². The molecule has 6 heteroatoms. The number of rotatable bonds is 4. The van der Waals surface area contributed by atoms with Gasteiger partial charge >= 0.3 is 0 Å². The molecule has 122 valence electrons. The van der Waals surface area contributed by atoms with E-state index in [0.717, 1.165) is 18.4 Å². The fourth-order valence-electron chi connectivity index (χ4n) is 3.14. The largest absolute Gasteiger partial charge is 0.351 e. The number of nitrogens with one attached hydrogen (secondary N) is 1. The number of fused-ring (bicyclic) bond motifs is 1. The van der Waals surface area contributed by atoms with Gasteiger partial charge in [0.15, 0.2) is 5.65 Å². The summed E-state index contributed by atoms with van der Waals surface area (Å²) in [6.45, 7) is 2.28. The third-order valence-electron chi connectivity index (χ3n) is 4.68. The number of amides is 1. The van der Waals surface area contributed by atoms with Crippen molar-refractivity contribution in [3.05, 3.63) is 65.4 Å². The van der Waals surface area contributed by atoms with Crippen molar-refractivity contribution >= 4 is 11.6 Å². The highest BCUT2D eigenvalue weighted by atomic mass is 19.1. The number of halogens is 1. The average molecular weight is 324 g/mol. The molecule has 24 heavy (non-hydrogen) atoms. The van der Waals surface area contributed by atoms with Crippen molar-refractivity contribution in [2.24, 2.45) is 0 Å². The normalized spacial score (nSPS) is 15.4. The van der Waals surface area contributed by atoms with Gasteiger partial charge in [0, 0.05) is 24.4 Å². The van der Waals surface area contributed by atoms with Crippen molar-refractivity contribution in [2.75, 3.05) is 6.54 Å². The lowest BCUT2D eigenvalue weighted by Gasteiger charge is -2.16. The first kappa shape index (κ1) is 14.8. The Morgan fingerprint density at radius 1 is 1.38 bits per heavy atom. The molecule has 0 atom stereocenters. The summed E-state index contributed by atoms with van der Waals surface area (Å²) in [5.74, 6) is -0.434. The van der Waals surface area contributed by atoms with Crippen molar-refractivity contribution in [1.82, 2.24) is 19.9 Å². The fraction of sp³-hybridized carbons (Fsp3) is 0.278. The predicted molar refractivity (Wildman–Crippen MR) is 87.4 cm³/mol. The maximum atomic E-state index is 13.5. The summed E-state index contributed by atoms with van der Waals surface area (Å²) >= 11 is 0. The van der Waals surface area contributed by atoms with E-state index in [1.54, 1.807) is 42.0 Å². The molecule has 0 saturated heterocycles. The summed E-state index contributed by atoms with van der Waals surface area (Å²) in [6, 6.07) is 8.40. The molecule has 2 heterocycles. The van der Waals surface area contributed by atoms with E-state index in [-0.39, 0.29) is 17.1 Å². The van der Waals surface area contributed by atoms with Gasteiger partial charge in [-0.15, -0.1) is 0 Å². The van der Waals surface area contributed by atoms with E-state index < -0.39 is 0 Å². The molecule has 1 aromatic carbocycles. The number of nitrogens with zero attached hydrogens (tertiary/aromatic N) is 3. The highest BCUT2D eigenvalue weighted by molar-refractivity contribution is 6.01. The van der Waals surface area contributed by atoms with Crippen LogP contribution in [0.2, 0.25) is 0 Å². The molecule has 1 fully saturated rings. The summed E-state index contributed by atoms with van der Waals surface area (Å²) < 4.78 is 15.1. The zero-order chi connectivity index (χ0) is 16.7. The lowest BCUT2D eigenvalue weighted by molar-refractivity contribution is 0.0950. The Balaban J connectivity index is 1.55. The first-order valence-electron chi connectivity index (χ1n) is 7.93. The van der Waals surface area contributed by atoms with E-state index in [4.69, 9.17) is 0 Å². The standard InChI is InChI=1S/C18H17FN4O/c1-12-15(16-20-8-3-9-23(16)22-12)17(24)21-11-18(6-7-18)13-4-2-5-14(19)10-13/h2-5,8-10H,6-7,11H2,1H3,(H,21,24). The Labute approximate surface area is 138 Å². The van der Waals surface area contributed by atoms with Gasteiger partial charge in [-0.25, -0.2) is 13.9 Å². The van der Waals surface area contributed by atoms with Crippen LogP contribution in [-0.4, -0.2) is 27.0 Å². The summed E-state index contributed by atoms with van der Waals surface area (Å²) in [5.41, 5.74) is 2.47. The van der Waals surface area contributed by atoms with Crippen molar-refractivity contribution in [3.8, 4) is 0 Å². The van der Waals surface area contributed by atoms with Crippen LogP contribution < -0.4 is 5.32 Å². The molecule has 0 aliphatic heterocycles. The fourth-order valence-corrected chi connectivity index (χ4v) is 3.14. The molecule has 1 saturated carbocycles. The Hall–Kier alpha value is -2.76. The van der Waals surface area contributed by atoms with Crippen LogP contribution in [0.3, 0.4) is 0 Å². The van der Waals surface area contributed by atoms with Crippen LogP contribution in [0.1, 0.15) is 34.5 Å². The molecule has 0 unspecified atom stereocenters. The van der Waals surface area contributed by atoms with Crippen LogP contribution in [0, 0.1) is 12.7 Å². The average Bonchev–Trinajstić information content (AvgIpc) is 3.29. The second kappa shape index (κ2) is 5.40. The smallest absolute Gasteiger partial charge is 0.257 e. The number of aryl methyl sites for hydroxylation is 1. The monoisotopic (exact) mass is 324 g/mol. The zero-order valence-electron chi connectivity index (χ0n) is 13.3. The van der Waals surface area contributed by atoms with Crippen molar-refractivity contribution < 1.29 is 9.18 Å². The highest BCUT2D eigenvalue weighted by Crippen LogP contribution is 2.47. The molecule has 2 aromatic heterocycles. The van der Waals surface area contributed by atoms with E-state index >= 15 is 0 Å². The minimum absolute atomic E-state index is 0.151. The predicted octanol–water partition coefficient (Wildman–Crippen LogP) is 2.64.